The van der Waals surface area contributed by atoms with E-state index in [1.807, 2.05) is 26.2 Å². The molecular weight excluding hydrogens is 384 g/mol. The second-order valence-electron chi connectivity index (χ2n) is 9.35. The highest BCUT2D eigenvalue weighted by atomic mass is 16.5. The Morgan fingerprint density at radius 1 is 1.00 bits per heavy atom. The van der Waals surface area contributed by atoms with Gasteiger partial charge in [-0.15, -0.1) is 0 Å². The number of nitrogens with zero attached hydrogens (tertiary/aromatic N) is 2. The Kier molecular flexibility index (Phi) is 7.90. The van der Waals surface area contributed by atoms with E-state index in [2.05, 4.69) is 67.0 Å². The highest BCUT2D eigenvalue weighted by Gasteiger charge is 2.39. The predicted octanol–water partition coefficient (Wildman–Crippen LogP) is 4.86. The lowest BCUT2D eigenvalue weighted by Gasteiger charge is -2.38. The van der Waals surface area contributed by atoms with Crippen LogP contribution in [0.3, 0.4) is 0 Å². The Morgan fingerprint density at radius 2 is 1.58 bits per heavy atom. The predicted molar refractivity (Wildman–Crippen MR) is 129 cm³/mol. The molecule has 3 rings (SSSR count). The van der Waals surface area contributed by atoms with Gasteiger partial charge in [0, 0.05) is 24.3 Å². The van der Waals surface area contributed by atoms with E-state index in [9.17, 15) is 4.79 Å². The summed E-state index contributed by atoms with van der Waals surface area (Å²) in [6, 6.07) is 17.0. The Morgan fingerprint density at radius 3 is 2.10 bits per heavy atom. The van der Waals surface area contributed by atoms with Crippen LogP contribution in [0.25, 0.3) is 0 Å². The van der Waals surface area contributed by atoms with Crippen LogP contribution < -0.4 is 4.90 Å². The minimum absolute atomic E-state index is 0.194. The number of hydrogen-bond acceptors (Lipinski definition) is 4. The van der Waals surface area contributed by atoms with Crippen molar-refractivity contribution in [2.24, 2.45) is 5.92 Å². The SMILES string of the molecule is CCC(Cc1ccc(CC(C)C)cc1)(C(=O)c1ccc(N2CCOCC2)cc1)N(C)C. The van der Waals surface area contributed by atoms with Crippen molar-refractivity contribution in [3.05, 3.63) is 65.2 Å². The summed E-state index contributed by atoms with van der Waals surface area (Å²) < 4.78 is 5.45. The number of rotatable bonds is 9. The van der Waals surface area contributed by atoms with Crippen LogP contribution in [0.4, 0.5) is 5.69 Å². The van der Waals surface area contributed by atoms with Crippen molar-refractivity contribution in [3.8, 4) is 0 Å². The normalized spacial score (nSPS) is 16.5. The Balaban J connectivity index is 1.81. The van der Waals surface area contributed by atoms with Crippen LogP contribution in [0.5, 0.6) is 0 Å². The monoisotopic (exact) mass is 422 g/mol. The molecular formula is C27H38N2O2. The number of benzene rings is 2. The number of ether oxygens (including phenoxy) is 1. The second-order valence-corrected chi connectivity index (χ2v) is 9.35. The fourth-order valence-corrected chi connectivity index (χ4v) is 4.56. The molecule has 1 unspecified atom stereocenters. The van der Waals surface area contributed by atoms with E-state index >= 15 is 0 Å². The van der Waals surface area contributed by atoms with E-state index in [1.54, 1.807) is 0 Å². The molecule has 2 aromatic carbocycles. The molecule has 1 atom stereocenters. The van der Waals surface area contributed by atoms with Gasteiger partial charge in [-0.2, -0.15) is 0 Å². The maximum Gasteiger partial charge on any atom is 0.183 e. The molecule has 1 aliphatic heterocycles. The van der Waals surface area contributed by atoms with Gasteiger partial charge < -0.3 is 9.64 Å². The number of Topliss-reactive ketones (excluding diaryl/α,β-unsaturated/α-hetero) is 1. The van der Waals surface area contributed by atoms with Crippen molar-refractivity contribution >= 4 is 11.5 Å². The van der Waals surface area contributed by atoms with Gasteiger partial charge in [0.25, 0.3) is 0 Å². The summed E-state index contributed by atoms with van der Waals surface area (Å²) in [5, 5.41) is 0. The topological polar surface area (TPSA) is 32.8 Å². The van der Waals surface area contributed by atoms with Crippen LogP contribution >= 0.6 is 0 Å². The van der Waals surface area contributed by atoms with Gasteiger partial charge >= 0.3 is 0 Å². The van der Waals surface area contributed by atoms with Crippen molar-refractivity contribution in [2.75, 3.05) is 45.3 Å². The smallest absolute Gasteiger partial charge is 0.183 e. The summed E-state index contributed by atoms with van der Waals surface area (Å²) in [7, 11) is 4.05. The molecule has 0 aliphatic carbocycles. The van der Waals surface area contributed by atoms with Crippen molar-refractivity contribution in [1.82, 2.24) is 4.90 Å². The number of ketones is 1. The molecule has 168 valence electrons. The van der Waals surface area contributed by atoms with Gasteiger partial charge in [0.05, 0.1) is 18.8 Å². The Bertz CT molecular complexity index is 837. The molecule has 2 aromatic rings. The average molecular weight is 423 g/mol. The van der Waals surface area contributed by atoms with E-state index in [0.29, 0.717) is 12.3 Å². The third-order valence-electron chi connectivity index (χ3n) is 6.53. The lowest BCUT2D eigenvalue weighted by Crippen LogP contribution is -2.52. The van der Waals surface area contributed by atoms with Gasteiger partial charge in [-0.1, -0.05) is 45.0 Å². The van der Waals surface area contributed by atoms with E-state index in [1.165, 1.54) is 11.1 Å². The standard InChI is InChI=1S/C27H38N2O2/c1-6-27(28(4)5,20-23-9-7-22(8-10-23)19-21(2)3)26(30)24-11-13-25(14-12-24)29-15-17-31-18-16-29/h7-14,21H,6,15-20H2,1-5H3. The van der Waals surface area contributed by atoms with Gasteiger partial charge in [-0.05, 0) is 74.7 Å². The van der Waals surface area contributed by atoms with Crippen LogP contribution in [0, 0.1) is 5.92 Å². The number of hydrogen-bond donors (Lipinski definition) is 0. The van der Waals surface area contributed by atoms with Gasteiger partial charge in [0.1, 0.15) is 0 Å². The third kappa shape index (κ3) is 5.55. The van der Waals surface area contributed by atoms with Crippen molar-refractivity contribution < 1.29 is 9.53 Å². The summed E-state index contributed by atoms with van der Waals surface area (Å²) in [4.78, 5) is 18.2. The largest absolute Gasteiger partial charge is 0.378 e. The Hall–Kier alpha value is -2.17. The number of carbonyl (C=O) groups excluding carboxylic acids is 1. The van der Waals surface area contributed by atoms with Gasteiger partial charge in [0.15, 0.2) is 5.78 Å². The molecule has 0 spiro atoms. The molecule has 1 saturated heterocycles. The minimum Gasteiger partial charge on any atom is -0.378 e. The molecule has 0 N–H and O–H groups in total. The average Bonchev–Trinajstić information content (AvgIpc) is 2.78. The molecule has 31 heavy (non-hydrogen) atoms. The first-order valence-electron chi connectivity index (χ1n) is 11.6. The van der Waals surface area contributed by atoms with E-state index < -0.39 is 5.54 Å². The molecule has 0 saturated carbocycles. The fourth-order valence-electron chi connectivity index (χ4n) is 4.56. The highest BCUT2D eigenvalue weighted by molar-refractivity contribution is 6.03. The van der Waals surface area contributed by atoms with Crippen molar-refractivity contribution in [2.45, 2.75) is 45.6 Å². The van der Waals surface area contributed by atoms with E-state index in [4.69, 9.17) is 4.74 Å². The summed E-state index contributed by atoms with van der Waals surface area (Å²) >= 11 is 0. The van der Waals surface area contributed by atoms with Gasteiger partial charge in [-0.3, -0.25) is 9.69 Å². The number of carbonyl (C=O) groups is 1. The summed E-state index contributed by atoms with van der Waals surface area (Å²) in [6.07, 6.45) is 2.56. The van der Waals surface area contributed by atoms with E-state index in [-0.39, 0.29) is 5.78 Å². The van der Waals surface area contributed by atoms with E-state index in [0.717, 1.165) is 50.4 Å². The highest BCUT2D eigenvalue weighted by Crippen LogP contribution is 2.29. The quantitative estimate of drug-likeness (QED) is 0.541. The fraction of sp³-hybridized carbons (Fsp3) is 0.519. The van der Waals surface area contributed by atoms with Gasteiger partial charge in [-0.25, -0.2) is 0 Å². The number of anilines is 1. The first kappa shape index (κ1) is 23.5. The number of likely N-dealkylation sites (N-methyl/N-ethyl adjacent to an activating group) is 1. The van der Waals surface area contributed by atoms with Crippen LogP contribution in [0.15, 0.2) is 48.5 Å². The molecule has 4 heteroatoms. The molecule has 0 radical (unpaired) electrons. The molecule has 0 aromatic heterocycles. The first-order chi connectivity index (χ1) is 14.9. The molecule has 1 heterocycles. The van der Waals surface area contributed by atoms with Gasteiger partial charge in [0.2, 0.25) is 0 Å². The zero-order valence-electron chi connectivity index (χ0n) is 19.9. The van der Waals surface area contributed by atoms with Crippen LogP contribution in [0.1, 0.15) is 48.7 Å². The molecule has 0 amide bonds. The molecule has 0 bridgehead atoms. The van der Waals surface area contributed by atoms with Crippen LogP contribution in [-0.2, 0) is 17.6 Å². The molecule has 4 nitrogen and oxygen atoms in total. The lowest BCUT2D eigenvalue weighted by molar-refractivity contribution is 0.0666. The van der Waals surface area contributed by atoms with Crippen LogP contribution in [-0.4, -0.2) is 56.6 Å². The minimum atomic E-state index is -0.556. The maximum absolute atomic E-state index is 13.8. The van der Waals surface area contributed by atoms with Crippen molar-refractivity contribution in [1.29, 1.82) is 0 Å². The molecule has 1 fully saturated rings. The molecule has 1 aliphatic rings. The number of morpholine rings is 1. The van der Waals surface area contributed by atoms with Crippen molar-refractivity contribution in [3.63, 3.8) is 0 Å². The second kappa shape index (κ2) is 10.4. The first-order valence-corrected chi connectivity index (χ1v) is 11.6. The summed E-state index contributed by atoms with van der Waals surface area (Å²) in [5.74, 6) is 0.837. The zero-order chi connectivity index (χ0) is 22.4. The lowest BCUT2D eigenvalue weighted by atomic mass is 9.80. The van der Waals surface area contributed by atoms with Crippen LogP contribution in [0.2, 0.25) is 0 Å². The third-order valence-corrected chi connectivity index (χ3v) is 6.53. The maximum atomic E-state index is 13.8. The summed E-state index contributed by atoms with van der Waals surface area (Å²) in [5.41, 5.74) is 3.95. The zero-order valence-corrected chi connectivity index (χ0v) is 19.9. The summed E-state index contributed by atoms with van der Waals surface area (Å²) in [6.45, 7) is 9.92. The Labute approximate surface area is 188 Å².